The van der Waals surface area contributed by atoms with Crippen LogP contribution in [0, 0.1) is 0 Å². The topological polar surface area (TPSA) is 88.5 Å². The number of carbonyl (C=O) groups is 1. The highest BCUT2D eigenvalue weighted by Crippen LogP contribution is 2.37. The Morgan fingerprint density at radius 2 is 1.53 bits per heavy atom. The zero-order valence-corrected chi connectivity index (χ0v) is 20.6. The van der Waals surface area contributed by atoms with Crippen LogP contribution < -0.4 is 9.47 Å². The number of aliphatic hydroxyl groups is 1. The van der Waals surface area contributed by atoms with Crippen LogP contribution in [0.2, 0.25) is 0 Å². The minimum atomic E-state index is -0.595. The van der Waals surface area contributed by atoms with Gasteiger partial charge in [-0.05, 0) is 57.7 Å². The summed E-state index contributed by atoms with van der Waals surface area (Å²) in [5.74, 6) is 1.19. The predicted octanol–water partition coefficient (Wildman–Crippen LogP) is 5.01. The molecule has 7 nitrogen and oxygen atoms in total. The van der Waals surface area contributed by atoms with E-state index in [0.717, 1.165) is 5.56 Å². The molecule has 0 bridgehead atoms. The highest BCUT2D eigenvalue weighted by molar-refractivity contribution is 9.10. The molecule has 0 aliphatic heterocycles. The molecular formula is C26H30BrNO6. The van der Waals surface area contributed by atoms with Crippen molar-refractivity contribution in [2.45, 2.75) is 19.0 Å². The van der Waals surface area contributed by atoms with Gasteiger partial charge in [0.25, 0.3) is 0 Å². The van der Waals surface area contributed by atoms with E-state index >= 15 is 0 Å². The predicted molar refractivity (Wildman–Crippen MR) is 135 cm³/mol. The Balaban J connectivity index is 2.40. The van der Waals surface area contributed by atoms with E-state index in [1.807, 2.05) is 0 Å². The van der Waals surface area contributed by atoms with Crippen LogP contribution in [0.25, 0.3) is 0 Å². The lowest BCUT2D eigenvalue weighted by molar-refractivity contribution is 0.0716. The maximum atomic E-state index is 12.9. The Morgan fingerprint density at radius 1 is 0.971 bits per heavy atom. The average Bonchev–Trinajstić information content (AvgIpc) is 2.84. The summed E-state index contributed by atoms with van der Waals surface area (Å²) in [6, 6.07) is 9.60. The number of phenols is 1. The number of amides is 1. The van der Waals surface area contributed by atoms with Gasteiger partial charge < -0.3 is 24.4 Å². The molecule has 2 aromatic carbocycles. The van der Waals surface area contributed by atoms with E-state index in [1.165, 1.54) is 11.0 Å². The standard InChI is InChI=1S/C26H30BrNO6/c1-4-11-32-23-15-20(16-24(25(23)27)33-12-5-2)17-28(26(31)34-13-6-3)21(18-29)14-19-7-9-22(30)10-8-19/h4-10,15-16,21,29-30H,1-3,11-14,17-18H2. The number of hydrogen-bond acceptors (Lipinski definition) is 6. The van der Waals surface area contributed by atoms with Gasteiger partial charge in [-0.3, -0.25) is 4.90 Å². The van der Waals surface area contributed by atoms with Crippen molar-refractivity contribution in [3.63, 3.8) is 0 Å². The quantitative estimate of drug-likeness (QED) is 0.333. The summed E-state index contributed by atoms with van der Waals surface area (Å²) in [4.78, 5) is 14.4. The van der Waals surface area contributed by atoms with Gasteiger partial charge >= 0.3 is 6.09 Å². The number of halogens is 1. The summed E-state index contributed by atoms with van der Waals surface area (Å²) in [6.45, 7) is 11.4. The molecule has 2 aromatic rings. The first-order chi connectivity index (χ1) is 16.4. The molecule has 0 fully saturated rings. The number of nitrogens with zero attached hydrogens (tertiary/aromatic N) is 1. The SMILES string of the molecule is C=CCOC(=O)N(Cc1cc(OCC=C)c(Br)c(OCC=C)c1)C(CO)Cc1ccc(O)cc1. The van der Waals surface area contributed by atoms with Crippen LogP contribution in [0.4, 0.5) is 4.79 Å². The summed E-state index contributed by atoms with van der Waals surface area (Å²) in [7, 11) is 0. The smallest absolute Gasteiger partial charge is 0.410 e. The maximum Gasteiger partial charge on any atom is 0.410 e. The Bertz CT molecular complexity index is 943. The molecule has 34 heavy (non-hydrogen) atoms. The lowest BCUT2D eigenvalue weighted by atomic mass is 10.0. The molecule has 0 aliphatic rings. The molecule has 0 aromatic heterocycles. The van der Waals surface area contributed by atoms with Crippen LogP contribution in [0.5, 0.6) is 17.2 Å². The Labute approximate surface area is 208 Å². The van der Waals surface area contributed by atoms with Crippen molar-refractivity contribution in [2.24, 2.45) is 0 Å². The lowest BCUT2D eigenvalue weighted by Gasteiger charge is -2.30. The molecule has 0 saturated heterocycles. The number of hydrogen-bond donors (Lipinski definition) is 2. The van der Waals surface area contributed by atoms with Gasteiger partial charge in [-0.15, -0.1) is 0 Å². The number of benzene rings is 2. The zero-order chi connectivity index (χ0) is 24.9. The largest absolute Gasteiger partial charge is 0.508 e. The summed E-state index contributed by atoms with van der Waals surface area (Å²) in [5, 5.41) is 19.7. The van der Waals surface area contributed by atoms with Gasteiger partial charge in [0.2, 0.25) is 0 Å². The second kappa shape index (κ2) is 14.1. The molecule has 8 heteroatoms. The molecule has 1 unspecified atom stereocenters. The van der Waals surface area contributed by atoms with Crippen LogP contribution in [0.3, 0.4) is 0 Å². The van der Waals surface area contributed by atoms with Crippen LogP contribution in [0.15, 0.2) is 78.8 Å². The van der Waals surface area contributed by atoms with E-state index in [2.05, 4.69) is 35.7 Å². The van der Waals surface area contributed by atoms with Crippen molar-refractivity contribution in [1.29, 1.82) is 0 Å². The number of ether oxygens (including phenoxy) is 3. The summed E-state index contributed by atoms with van der Waals surface area (Å²) < 4.78 is 17.4. The highest BCUT2D eigenvalue weighted by atomic mass is 79.9. The van der Waals surface area contributed by atoms with E-state index in [4.69, 9.17) is 14.2 Å². The summed E-state index contributed by atoms with van der Waals surface area (Å²) in [6.07, 6.45) is 4.49. The number of phenolic OH excluding ortho intramolecular Hbond substituents is 1. The second-order valence-corrected chi connectivity index (χ2v) is 8.10. The molecule has 182 valence electrons. The van der Waals surface area contributed by atoms with Crippen molar-refractivity contribution in [2.75, 3.05) is 26.4 Å². The maximum absolute atomic E-state index is 12.9. The van der Waals surface area contributed by atoms with Crippen molar-refractivity contribution < 1.29 is 29.2 Å². The lowest BCUT2D eigenvalue weighted by Crippen LogP contribution is -2.43. The molecule has 0 aliphatic carbocycles. The van der Waals surface area contributed by atoms with Crippen molar-refractivity contribution in [3.8, 4) is 17.2 Å². The summed E-state index contributed by atoms with van der Waals surface area (Å²) >= 11 is 3.50. The Kier molecular flexibility index (Phi) is 11.2. The van der Waals surface area contributed by atoms with E-state index in [0.29, 0.717) is 28.0 Å². The van der Waals surface area contributed by atoms with Crippen molar-refractivity contribution >= 4 is 22.0 Å². The third-order valence-electron chi connectivity index (χ3n) is 4.75. The third kappa shape index (κ3) is 7.97. The molecule has 2 rings (SSSR count). The first kappa shape index (κ1) is 27.0. The number of rotatable bonds is 14. The minimum Gasteiger partial charge on any atom is -0.508 e. The fourth-order valence-corrected chi connectivity index (χ4v) is 3.61. The van der Waals surface area contributed by atoms with Crippen LogP contribution in [-0.4, -0.2) is 53.7 Å². The molecule has 0 heterocycles. The van der Waals surface area contributed by atoms with Crippen LogP contribution in [-0.2, 0) is 17.7 Å². The highest BCUT2D eigenvalue weighted by Gasteiger charge is 2.26. The monoisotopic (exact) mass is 531 g/mol. The fraction of sp³-hybridized carbons (Fsp3) is 0.269. The fourth-order valence-electron chi connectivity index (χ4n) is 3.16. The molecule has 1 atom stereocenters. The summed E-state index contributed by atoms with van der Waals surface area (Å²) in [5.41, 5.74) is 1.56. The zero-order valence-electron chi connectivity index (χ0n) is 19.0. The third-order valence-corrected chi connectivity index (χ3v) is 5.53. The molecule has 1 amide bonds. The van der Waals surface area contributed by atoms with Gasteiger partial charge in [-0.25, -0.2) is 4.79 Å². The molecule has 0 radical (unpaired) electrons. The van der Waals surface area contributed by atoms with Gasteiger partial charge in [0.1, 0.15) is 41.5 Å². The van der Waals surface area contributed by atoms with Crippen LogP contribution >= 0.6 is 15.9 Å². The van der Waals surface area contributed by atoms with Gasteiger partial charge in [0.05, 0.1) is 12.6 Å². The van der Waals surface area contributed by atoms with E-state index in [9.17, 15) is 15.0 Å². The molecule has 0 saturated carbocycles. The average molecular weight is 532 g/mol. The van der Waals surface area contributed by atoms with Crippen molar-refractivity contribution in [3.05, 3.63) is 90.0 Å². The second-order valence-electron chi connectivity index (χ2n) is 7.31. The normalized spacial score (nSPS) is 11.2. The number of aromatic hydroxyl groups is 1. The number of carbonyl (C=O) groups excluding carboxylic acids is 1. The Morgan fingerprint density at radius 3 is 2.03 bits per heavy atom. The van der Waals surface area contributed by atoms with E-state index < -0.39 is 12.1 Å². The first-order valence-corrected chi connectivity index (χ1v) is 11.5. The van der Waals surface area contributed by atoms with Gasteiger partial charge in [-0.2, -0.15) is 0 Å². The van der Waals surface area contributed by atoms with Crippen molar-refractivity contribution in [1.82, 2.24) is 4.90 Å². The molecular weight excluding hydrogens is 502 g/mol. The van der Waals surface area contributed by atoms with E-state index in [-0.39, 0.29) is 38.7 Å². The van der Waals surface area contributed by atoms with Gasteiger partial charge in [-0.1, -0.05) is 50.1 Å². The van der Waals surface area contributed by atoms with Crippen LogP contribution in [0.1, 0.15) is 11.1 Å². The molecule has 2 N–H and O–H groups in total. The van der Waals surface area contributed by atoms with E-state index in [1.54, 1.807) is 48.6 Å². The van der Waals surface area contributed by atoms with Gasteiger partial charge in [0.15, 0.2) is 0 Å². The Hall–Kier alpha value is -3.23. The van der Waals surface area contributed by atoms with Gasteiger partial charge in [0, 0.05) is 6.54 Å². The molecule has 0 spiro atoms. The minimum absolute atomic E-state index is 0.0361. The number of aliphatic hydroxyl groups excluding tert-OH is 1. The first-order valence-electron chi connectivity index (χ1n) is 10.7.